The van der Waals surface area contributed by atoms with Crippen molar-refractivity contribution in [3.63, 3.8) is 0 Å². The lowest BCUT2D eigenvalue weighted by molar-refractivity contribution is -0.133. The van der Waals surface area contributed by atoms with Gasteiger partial charge in [0.2, 0.25) is 11.0 Å². The van der Waals surface area contributed by atoms with Crippen molar-refractivity contribution in [1.29, 1.82) is 0 Å². The molecule has 2 fully saturated rings. The van der Waals surface area contributed by atoms with Gasteiger partial charge in [-0.3, -0.25) is 19.3 Å². The third-order valence-electron chi connectivity index (χ3n) is 6.91. The predicted octanol–water partition coefficient (Wildman–Crippen LogP) is 3.27. The number of amides is 1. The number of aryl methyl sites for hydroxylation is 1. The van der Waals surface area contributed by atoms with E-state index in [1.54, 1.807) is 0 Å². The first kappa shape index (κ1) is 22.2. The normalized spacial score (nSPS) is 21.4. The van der Waals surface area contributed by atoms with E-state index in [0.29, 0.717) is 13.1 Å². The average molecular weight is 488 g/mol. The number of nitrogens with zero attached hydrogens (tertiary/aromatic N) is 4. The second kappa shape index (κ2) is 9.05. The van der Waals surface area contributed by atoms with Crippen LogP contribution in [0.15, 0.2) is 48.5 Å². The van der Waals surface area contributed by atoms with Gasteiger partial charge in [-0.2, -0.15) is 0 Å². The number of rotatable bonds is 5. The number of thioether (sulfide) groups is 1. The van der Waals surface area contributed by atoms with Crippen molar-refractivity contribution in [3.05, 3.63) is 48.5 Å². The molecule has 0 aliphatic carbocycles. The van der Waals surface area contributed by atoms with Gasteiger partial charge in [0.05, 0.1) is 28.5 Å². The standard InChI is InChI=1S/C26H25N5O3S/c32-20-15-35-26(34)24(20)31-13-6-5-11-21(31)29-22(33)12-14-30-19-10-4-1-7-16(19)23-25(30)28-18-9-3-2-8-17(18)27-23/h1-4,7-10,21,24H,5-6,11-15H2,(H,29,33). The van der Waals surface area contributed by atoms with E-state index >= 15 is 0 Å². The van der Waals surface area contributed by atoms with Gasteiger partial charge in [-0.05, 0) is 37.5 Å². The topological polar surface area (TPSA) is 97.2 Å². The van der Waals surface area contributed by atoms with E-state index in [0.717, 1.165) is 64.1 Å². The van der Waals surface area contributed by atoms with Crippen LogP contribution >= 0.6 is 11.8 Å². The van der Waals surface area contributed by atoms with Crippen LogP contribution in [0.2, 0.25) is 0 Å². The summed E-state index contributed by atoms with van der Waals surface area (Å²) in [6.45, 7) is 1.09. The minimum absolute atomic E-state index is 0.0581. The summed E-state index contributed by atoms with van der Waals surface area (Å²) in [4.78, 5) is 49.3. The molecule has 2 aromatic heterocycles. The quantitative estimate of drug-likeness (QED) is 0.432. The number of nitrogens with one attached hydrogen (secondary N) is 1. The van der Waals surface area contributed by atoms with E-state index < -0.39 is 6.04 Å². The molecule has 2 unspecified atom stereocenters. The fourth-order valence-corrected chi connectivity index (χ4v) is 6.12. The highest BCUT2D eigenvalue weighted by Gasteiger charge is 2.42. The zero-order valence-electron chi connectivity index (χ0n) is 19.1. The molecule has 2 aromatic carbocycles. The minimum Gasteiger partial charge on any atom is -0.340 e. The Morgan fingerprint density at radius 2 is 1.80 bits per heavy atom. The molecule has 2 saturated heterocycles. The maximum atomic E-state index is 13.1. The monoisotopic (exact) mass is 487 g/mol. The lowest BCUT2D eigenvalue weighted by Crippen LogP contribution is -2.57. The van der Waals surface area contributed by atoms with Crippen LogP contribution in [0.25, 0.3) is 33.1 Å². The van der Waals surface area contributed by atoms with E-state index in [2.05, 4.69) is 9.88 Å². The second-order valence-corrected chi connectivity index (χ2v) is 10.1. The predicted molar refractivity (Wildman–Crippen MR) is 136 cm³/mol. The summed E-state index contributed by atoms with van der Waals surface area (Å²) in [7, 11) is 0. The number of hydrogen-bond acceptors (Lipinski definition) is 7. The number of ketones is 1. The maximum absolute atomic E-state index is 13.1. The summed E-state index contributed by atoms with van der Waals surface area (Å²) in [5.74, 6) is 0.0637. The van der Waals surface area contributed by atoms with Crippen LogP contribution < -0.4 is 5.32 Å². The smallest absolute Gasteiger partial charge is 0.223 e. The highest BCUT2D eigenvalue weighted by atomic mass is 32.2. The van der Waals surface area contributed by atoms with Crippen molar-refractivity contribution in [2.45, 2.75) is 44.4 Å². The Morgan fingerprint density at radius 1 is 1.03 bits per heavy atom. The molecule has 8 nitrogen and oxygen atoms in total. The lowest BCUT2D eigenvalue weighted by Gasteiger charge is -2.38. The summed E-state index contributed by atoms with van der Waals surface area (Å²) in [6, 6.07) is 15.1. The molecule has 35 heavy (non-hydrogen) atoms. The minimum atomic E-state index is -0.730. The van der Waals surface area contributed by atoms with Gasteiger partial charge < -0.3 is 9.88 Å². The number of aromatic nitrogens is 3. The van der Waals surface area contributed by atoms with E-state index in [9.17, 15) is 14.4 Å². The highest BCUT2D eigenvalue weighted by Crippen LogP contribution is 2.29. The van der Waals surface area contributed by atoms with Gasteiger partial charge >= 0.3 is 0 Å². The molecule has 0 spiro atoms. The number of hydrogen-bond donors (Lipinski definition) is 1. The highest BCUT2D eigenvalue weighted by molar-refractivity contribution is 8.15. The van der Waals surface area contributed by atoms with Crippen LogP contribution in [0.3, 0.4) is 0 Å². The fraction of sp³-hybridized carbons (Fsp3) is 0.346. The van der Waals surface area contributed by atoms with Gasteiger partial charge in [0.15, 0.2) is 11.4 Å². The Hall–Kier alpha value is -3.30. The van der Waals surface area contributed by atoms with Crippen LogP contribution in [0.1, 0.15) is 25.7 Å². The molecule has 4 heterocycles. The first-order valence-electron chi connectivity index (χ1n) is 12.0. The third kappa shape index (κ3) is 3.98. The fourth-order valence-electron chi connectivity index (χ4n) is 5.25. The molecular weight excluding hydrogens is 462 g/mol. The zero-order chi connectivity index (χ0) is 23.9. The van der Waals surface area contributed by atoms with Crippen molar-refractivity contribution in [3.8, 4) is 0 Å². The van der Waals surface area contributed by atoms with Crippen LogP contribution in [0.4, 0.5) is 0 Å². The third-order valence-corrected chi connectivity index (χ3v) is 7.85. The SMILES string of the molecule is O=C(CCn1c2ccccc2c2nc3ccccc3nc21)NC1CCCCN1C1C(=O)CSC1=O. The summed E-state index contributed by atoms with van der Waals surface area (Å²) >= 11 is 1.08. The molecule has 0 radical (unpaired) electrons. The van der Waals surface area contributed by atoms with Crippen LogP contribution in [-0.2, 0) is 20.9 Å². The number of Topliss-reactive ketones (excluding diaryl/α,β-unsaturated/α-hetero) is 1. The number of fused-ring (bicyclic) bond motifs is 4. The van der Waals surface area contributed by atoms with Gasteiger partial charge in [-0.25, -0.2) is 9.97 Å². The molecule has 0 bridgehead atoms. The van der Waals surface area contributed by atoms with Gasteiger partial charge in [-0.15, -0.1) is 0 Å². The van der Waals surface area contributed by atoms with Crippen molar-refractivity contribution in [2.24, 2.45) is 0 Å². The largest absolute Gasteiger partial charge is 0.340 e. The molecular formula is C26H25N5O3S. The molecule has 1 amide bonds. The van der Waals surface area contributed by atoms with E-state index in [-0.39, 0.29) is 35.1 Å². The maximum Gasteiger partial charge on any atom is 0.223 e. The molecule has 2 atom stereocenters. The van der Waals surface area contributed by atoms with E-state index in [4.69, 9.17) is 9.97 Å². The van der Waals surface area contributed by atoms with E-state index in [1.807, 2.05) is 53.4 Å². The number of carbonyl (C=O) groups excluding carboxylic acids is 3. The number of carbonyl (C=O) groups is 3. The summed E-state index contributed by atoms with van der Waals surface area (Å²) in [5.41, 5.74) is 4.23. The Kier molecular flexibility index (Phi) is 5.74. The van der Waals surface area contributed by atoms with Crippen molar-refractivity contribution in [2.75, 3.05) is 12.3 Å². The number of piperidine rings is 1. The number of benzene rings is 2. The molecule has 2 aliphatic rings. The van der Waals surface area contributed by atoms with Gasteiger partial charge in [0.1, 0.15) is 11.6 Å². The lowest BCUT2D eigenvalue weighted by atomic mass is 10.0. The summed E-state index contributed by atoms with van der Waals surface area (Å²) in [6.07, 6.45) is 2.57. The molecule has 6 rings (SSSR count). The van der Waals surface area contributed by atoms with E-state index in [1.165, 1.54) is 0 Å². The number of likely N-dealkylation sites (tertiary alicyclic amines) is 1. The molecule has 178 valence electrons. The zero-order valence-corrected chi connectivity index (χ0v) is 20.0. The van der Waals surface area contributed by atoms with Gasteiger partial charge in [0.25, 0.3) is 0 Å². The average Bonchev–Trinajstić information content (AvgIpc) is 3.37. The Labute approximate surface area is 206 Å². The van der Waals surface area contributed by atoms with Crippen molar-refractivity contribution >= 4 is 61.7 Å². The molecule has 2 aliphatic heterocycles. The van der Waals surface area contributed by atoms with Gasteiger partial charge in [0, 0.05) is 24.9 Å². The Bertz CT molecular complexity index is 1470. The molecule has 0 saturated carbocycles. The summed E-state index contributed by atoms with van der Waals surface area (Å²) < 4.78 is 2.06. The Balaban J connectivity index is 1.25. The van der Waals surface area contributed by atoms with Gasteiger partial charge in [-0.1, -0.05) is 42.1 Å². The number of para-hydroxylation sites is 3. The van der Waals surface area contributed by atoms with Crippen LogP contribution in [0.5, 0.6) is 0 Å². The first-order valence-corrected chi connectivity index (χ1v) is 13.0. The molecule has 1 N–H and O–H groups in total. The van der Waals surface area contributed by atoms with Crippen molar-refractivity contribution in [1.82, 2.24) is 24.8 Å². The molecule has 9 heteroatoms. The first-order chi connectivity index (χ1) is 17.1. The second-order valence-electron chi connectivity index (χ2n) is 9.10. The van der Waals surface area contributed by atoms with Crippen molar-refractivity contribution < 1.29 is 14.4 Å². The summed E-state index contributed by atoms with van der Waals surface area (Å²) in [5, 5.41) is 4.00. The molecule has 4 aromatic rings. The Morgan fingerprint density at radius 3 is 2.60 bits per heavy atom. The van der Waals surface area contributed by atoms with Crippen LogP contribution in [0, 0.1) is 0 Å². The van der Waals surface area contributed by atoms with Crippen LogP contribution in [-0.4, -0.2) is 60.7 Å².